The van der Waals surface area contributed by atoms with Crippen molar-refractivity contribution in [2.45, 2.75) is 40.0 Å². The van der Waals surface area contributed by atoms with Gasteiger partial charge in [-0.05, 0) is 37.8 Å². The largest absolute Gasteiger partial charge is 0.316 e. The Hall–Kier alpha value is -0.0900. The van der Waals surface area contributed by atoms with E-state index in [0.29, 0.717) is 17.6 Å². The summed E-state index contributed by atoms with van der Waals surface area (Å²) in [7, 11) is -2.81. The van der Waals surface area contributed by atoms with Crippen molar-refractivity contribution < 1.29 is 8.42 Å². The number of rotatable bonds is 9. The van der Waals surface area contributed by atoms with Crippen molar-refractivity contribution in [3.63, 3.8) is 0 Å². The van der Waals surface area contributed by atoms with E-state index in [1.807, 2.05) is 0 Å². The molecule has 0 fully saturated rings. The summed E-state index contributed by atoms with van der Waals surface area (Å²) in [6.45, 7) is 8.47. The Kier molecular flexibility index (Phi) is 8.02. The second-order valence-corrected chi connectivity index (χ2v) is 7.39. The van der Waals surface area contributed by atoms with Gasteiger partial charge in [-0.2, -0.15) is 0 Å². The highest BCUT2D eigenvalue weighted by Gasteiger charge is 2.11. The summed E-state index contributed by atoms with van der Waals surface area (Å²) in [6, 6.07) is 0. The van der Waals surface area contributed by atoms with Crippen LogP contribution >= 0.6 is 0 Å². The molecule has 0 aliphatic heterocycles. The second kappa shape index (κ2) is 8.07. The molecule has 0 saturated heterocycles. The van der Waals surface area contributed by atoms with Crippen molar-refractivity contribution in [3.05, 3.63) is 0 Å². The van der Waals surface area contributed by atoms with Crippen LogP contribution in [-0.2, 0) is 9.84 Å². The molecule has 0 saturated carbocycles. The maximum Gasteiger partial charge on any atom is 0.147 e. The zero-order valence-electron chi connectivity index (χ0n) is 11.1. The maximum atomic E-state index is 11.1. The van der Waals surface area contributed by atoms with Crippen LogP contribution in [0.4, 0.5) is 0 Å². The van der Waals surface area contributed by atoms with Crippen LogP contribution in [-0.4, -0.2) is 33.5 Å². The zero-order valence-corrected chi connectivity index (χ0v) is 11.9. The molecule has 1 atom stereocenters. The summed E-state index contributed by atoms with van der Waals surface area (Å²) in [6.07, 6.45) is 4.34. The summed E-state index contributed by atoms with van der Waals surface area (Å²) in [4.78, 5) is 0. The molecule has 98 valence electrons. The van der Waals surface area contributed by atoms with Crippen LogP contribution in [0.15, 0.2) is 0 Å². The summed E-state index contributed by atoms with van der Waals surface area (Å²) in [5, 5.41) is 3.41. The molecule has 16 heavy (non-hydrogen) atoms. The van der Waals surface area contributed by atoms with Gasteiger partial charge >= 0.3 is 0 Å². The minimum absolute atomic E-state index is 0.320. The third kappa shape index (κ3) is 10.4. The van der Waals surface area contributed by atoms with Crippen LogP contribution < -0.4 is 5.32 Å². The normalized spacial score (nSPS) is 14.3. The smallest absolute Gasteiger partial charge is 0.147 e. The summed E-state index contributed by atoms with van der Waals surface area (Å²) >= 11 is 0. The lowest BCUT2D eigenvalue weighted by molar-refractivity contribution is 0.413. The van der Waals surface area contributed by atoms with Crippen LogP contribution in [0.3, 0.4) is 0 Å². The molecule has 1 unspecified atom stereocenters. The quantitative estimate of drug-likeness (QED) is 0.680. The van der Waals surface area contributed by atoms with Gasteiger partial charge in [0.05, 0.1) is 5.75 Å². The monoisotopic (exact) mass is 249 g/mol. The van der Waals surface area contributed by atoms with Crippen LogP contribution in [0.2, 0.25) is 0 Å². The Bertz CT molecular complexity index is 260. The molecule has 0 amide bonds. The van der Waals surface area contributed by atoms with Crippen molar-refractivity contribution in [2.24, 2.45) is 11.8 Å². The van der Waals surface area contributed by atoms with Gasteiger partial charge in [0.1, 0.15) is 9.84 Å². The fraction of sp³-hybridized carbons (Fsp3) is 1.00. The fourth-order valence-corrected chi connectivity index (χ4v) is 2.48. The number of sulfone groups is 1. The minimum Gasteiger partial charge on any atom is -0.316 e. The van der Waals surface area contributed by atoms with E-state index in [1.54, 1.807) is 0 Å². The average molecular weight is 249 g/mol. The molecule has 0 rings (SSSR count). The molecule has 0 aliphatic carbocycles. The first-order valence-electron chi connectivity index (χ1n) is 6.23. The van der Waals surface area contributed by atoms with Crippen molar-refractivity contribution in [1.29, 1.82) is 0 Å². The Labute approximate surface area is 101 Å². The van der Waals surface area contributed by atoms with Gasteiger partial charge < -0.3 is 5.32 Å². The van der Waals surface area contributed by atoms with E-state index in [9.17, 15) is 8.42 Å². The molecule has 1 N–H and O–H groups in total. The molecule has 0 heterocycles. The highest BCUT2D eigenvalue weighted by Crippen LogP contribution is 2.11. The van der Waals surface area contributed by atoms with E-state index < -0.39 is 9.84 Å². The predicted molar refractivity (Wildman–Crippen MR) is 70.4 cm³/mol. The van der Waals surface area contributed by atoms with E-state index in [-0.39, 0.29) is 0 Å². The zero-order chi connectivity index (χ0) is 12.6. The molecule has 0 spiro atoms. The van der Waals surface area contributed by atoms with Crippen molar-refractivity contribution in [3.8, 4) is 0 Å². The van der Waals surface area contributed by atoms with Gasteiger partial charge in [0, 0.05) is 6.26 Å². The summed E-state index contributed by atoms with van der Waals surface area (Å²) in [5.74, 6) is 1.47. The lowest BCUT2D eigenvalue weighted by Gasteiger charge is -2.17. The van der Waals surface area contributed by atoms with E-state index in [2.05, 4.69) is 26.1 Å². The highest BCUT2D eigenvalue weighted by atomic mass is 32.2. The SMILES string of the molecule is CCCC(CCS(C)(=O)=O)CNCC(C)C. The molecular weight excluding hydrogens is 222 g/mol. The van der Waals surface area contributed by atoms with E-state index in [1.165, 1.54) is 6.26 Å². The maximum absolute atomic E-state index is 11.1. The number of hydrogen-bond acceptors (Lipinski definition) is 3. The minimum atomic E-state index is -2.81. The van der Waals surface area contributed by atoms with Crippen LogP contribution in [0.1, 0.15) is 40.0 Å². The lowest BCUT2D eigenvalue weighted by Crippen LogP contribution is -2.27. The molecule has 4 heteroatoms. The Morgan fingerprint density at radius 2 is 1.75 bits per heavy atom. The van der Waals surface area contributed by atoms with Crippen molar-refractivity contribution in [1.82, 2.24) is 5.32 Å². The van der Waals surface area contributed by atoms with Gasteiger partial charge in [-0.25, -0.2) is 8.42 Å². The molecule has 0 aromatic rings. The third-order valence-electron chi connectivity index (χ3n) is 2.58. The molecule has 0 radical (unpaired) electrons. The van der Waals surface area contributed by atoms with Crippen molar-refractivity contribution >= 4 is 9.84 Å². The first-order chi connectivity index (χ1) is 7.35. The number of nitrogens with one attached hydrogen (secondary N) is 1. The standard InChI is InChI=1S/C12H27NO2S/c1-5-6-12(7-8-16(4,14)15)10-13-9-11(2)3/h11-13H,5-10H2,1-4H3. The van der Waals surface area contributed by atoms with Crippen LogP contribution in [0.25, 0.3) is 0 Å². The fourth-order valence-electron chi connectivity index (χ4n) is 1.71. The molecule has 0 bridgehead atoms. The van der Waals surface area contributed by atoms with Crippen LogP contribution in [0.5, 0.6) is 0 Å². The molecule has 0 aromatic carbocycles. The Balaban J connectivity index is 3.88. The lowest BCUT2D eigenvalue weighted by atomic mass is 10.0. The van der Waals surface area contributed by atoms with Gasteiger partial charge in [0.15, 0.2) is 0 Å². The topological polar surface area (TPSA) is 46.2 Å². The van der Waals surface area contributed by atoms with Gasteiger partial charge in [-0.3, -0.25) is 0 Å². The molecule has 0 aromatic heterocycles. The molecule has 3 nitrogen and oxygen atoms in total. The molecular formula is C12H27NO2S. The van der Waals surface area contributed by atoms with Gasteiger partial charge in [-0.15, -0.1) is 0 Å². The van der Waals surface area contributed by atoms with Crippen molar-refractivity contribution in [2.75, 3.05) is 25.1 Å². The summed E-state index contributed by atoms with van der Waals surface area (Å²) in [5.41, 5.74) is 0. The third-order valence-corrected chi connectivity index (χ3v) is 3.56. The van der Waals surface area contributed by atoms with Gasteiger partial charge in [-0.1, -0.05) is 27.2 Å². The number of hydrogen-bond donors (Lipinski definition) is 1. The first-order valence-corrected chi connectivity index (χ1v) is 8.29. The Morgan fingerprint density at radius 1 is 1.12 bits per heavy atom. The predicted octanol–water partition coefficient (Wildman–Crippen LogP) is 2.08. The van der Waals surface area contributed by atoms with E-state index in [4.69, 9.17) is 0 Å². The highest BCUT2D eigenvalue weighted by molar-refractivity contribution is 7.90. The molecule has 0 aliphatic rings. The first kappa shape index (κ1) is 15.9. The van der Waals surface area contributed by atoms with Gasteiger partial charge in [0.25, 0.3) is 0 Å². The van der Waals surface area contributed by atoms with Crippen LogP contribution in [0, 0.1) is 11.8 Å². The van der Waals surface area contributed by atoms with E-state index in [0.717, 1.165) is 32.4 Å². The second-order valence-electron chi connectivity index (χ2n) is 5.13. The average Bonchev–Trinajstić information content (AvgIpc) is 2.12. The van der Waals surface area contributed by atoms with E-state index >= 15 is 0 Å². The summed E-state index contributed by atoms with van der Waals surface area (Å²) < 4.78 is 22.2. The Morgan fingerprint density at radius 3 is 2.19 bits per heavy atom. The van der Waals surface area contributed by atoms with Gasteiger partial charge in [0.2, 0.25) is 0 Å².